The Labute approximate surface area is 140 Å². The number of aryl methyl sites for hydroxylation is 2. The van der Waals surface area contributed by atoms with Gasteiger partial charge in [-0.3, -0.25) is 4.79 Å². The van der Waals surface area contributed by atoms with Crippen molar-refractivity contribution >= 4 is 34.6 Å². The first kappa shape index (κ1) is 15.6. The fourth-order valence-corrected chi connectivity index (χ4v) is 3.22. The largest absolute Gasteiger partial charge is 0.352 e. The van der Waals surface area contributed by atoms with Gasteiger partial charge in [0.15, 0.2) is 5.17 Å². The molecule has 1 fully saturated rings. The molecular formula is C18H19N3OS. The van der Waals surface area contributed by atoms with E-state index in [4.69, 9.17) is 0 Å². The van der Waals surface area contributed by atoms with Crippen LogP contribution in [0.15, 0.2) is 40.2 Å². The normalized spacial score (nSPS) is 18.0. The predicted octanol–water partition coefficient (Wildman–Crippen LogP) is 3.84. The van der Waals surface area contributed by atoms with Gasteiger partial charge >= 0.3 is 0 Å². The van der Waals surface area contributed by atoms with Crippen molar-refractivity contribution in [1.82, 2.24) is 9.88 Å². The molecule has 0 saturated carbocycles. The topological polar surface area (TPSA) is 46.4 Å². The third-order valence-corrected chi connectivity index (χ3v) is 4.93. The Morgan fingerprint density at radius 3 is 2.48 bits per heavy atom. The number of carbonyl (C=O) groups is 1. The Morgan fingerprint density at radius 2 is 1.87 bits per heavy atom. The Balaban J connectivity index is 1.86. The highest BCUT2D eigenvalue weighted by molar-refractivity contribution is 8.18. The van der Waals surface area contributed by atoms with Gasteiger partial charge in [0.1, 0.15) is 0 Å². The fraction of sp³-hybridized carbons (Fsp3) is 0.222. The number of benzene rings is 1. The highest BCUT2D eigenvalue weighted by Crippen LogP contribution is 2.29. The standard InChI is InChI=1S/C18H19N3OS/c1-11-5-7-15(8-6-11)19-18-20-17(22)16(23-18)10-14-9-12(2)21(4)13(14)3/h5-10H,1-4H3,(H,19,20,22)/b16-10-. The molecule has 2 heterocycles. The first-order chi connectivity index (χ1) is 10.9. The van der Waals surface area contributed by atoms with Gasteiger partial charge in [0.25, 0.3) is 5.91 Å². The number of amidine groups is 1. The van der Waals surface area contributed by atoms with Crippen LogP contribution in [0.4, 0.5) is 5.69 Å². The van der Waals surface area contributed by atoms with Gasteiger partial charge in [0.2, 0.25) is 0 Å². The molecule has 118 valence electrons. The SMILES string of the molecule is Cc1ccc(N=C2NC(=O)/C(=C/c3cc(C)n(C)c3C)S2)cc1. The molecule has 1 amide bonds. The van der Waals surface area contributed by atoms with Gasteiger partial charge in [-0.15, -0.1) is 0 Å². The van der Waals surface area contributed by atoms with E-state index < -0.39 is 0 Å². The van der Waals surface area contributed by atoms with Crippen LogP contribution in [0.1, 0.15) is 22.5 Å². The number of carbonyl (C=O) groups excluding carboxylic acids is 1. The Morgan fingerprint density at radius 1 is 1.17 bits per heavy atom. The lowest BCUT2D eigenvalue weighted by atomic mass is 10.2. The van der Waals surface area contributed by atoms with Crippen LogP contribution in [0.2, 0.25) is 0 Å². The van der Waals surface area contributed by atoms with Crippen molar-refractivity contribution in [3.05, 3.63) is 57.8 Å². The smallest absolute Gasteiger partial charge is 0.264 e. The van der Waals surface area contributed by atoms with Gasteiger partial charge < -0.3 is 9.88 Å². The summed E-state index contributed by atoms with van der Waals surface area (Å²) in [5, 5.41) is 3.45. The third kappa shape index (κ3) is 3.24. The molecule has 0 atom stereocenters. The van der Waals surface area contributed by atoms with Gasteiger partial charge in [-0.05, 0) is 62.4 Å². The lowest BCUT2D eigenvalue weighted by Crippen LogP contribution is -2.19. The maximum absolute atomic E-state index is 12.1. The van der Waals surface area contributed by atoms with Crippen LogP contribution in [-0.2, 0) is 11.8 Å². The number of thioether (sulfide) groups is 1. The molecule has 0 bridgehead atoms. The first-order valence-corrected chi connectivity index (χ1v) is 8.25. The predicted molar refractivity (Wildman–Crippen MR) is 96.9 cm³/mol. The molecule has 5 heteroatoms. The molecular weight excluding hydrogens is 306 g/mol. The summed E-state index contributed by atoms with van der Waals surface area (Å²) in [5.74, 6) is -0.0956. The van der Waals surface area contributed by atoms with Crippen LogP contribution in [0.3, 0.4) is 0 Å². The Kier molecular flexibility index (Phi) is 4.13. The summed E-state index contributed by atoms with van der Waals surface area (Å²) in [6.45, 7) is 6.15. The zero-order valence-electron chi connectivity index (χ0n) is 13.7. The highest BCUT2D eigenvalue weighted by Gasteiger charge is 2.24. The van der Waals surface area contributed by atoms with Crippen LogP contribution in [0.25, 0.3) is 6.08 Å². The van der Waals surface area contributed by atoms with E-state index in [1.165, 1.54) is 23.0 Å². The van der Waals surface area contributed by atoms with Gasteiger partial charge in [0, 0.05) is 18.4 Å². The van der Waals surface area contributed by atoms with Crippen LogP contribution in [0, 0.1) is 20.8 Å². The maximum Gasteiger partial charge on any atom is 0.264 e. The van der Waals surface area contributed by atoms with Gasteiger partial charge in [-0.2, -0.15) is 0 Å². The first-order valence-electron chi connectivity index (χ1n) is 7.43. The van der Waals surface area contributed by atoms with Crippen molar-refractivity contribution in [2.75, 3.05) is 0 Å². The summed E-state index contributed by atoms with van der Waals surface area (Å²) in [7, 11) is 2.03. The molecule has 1 aromatic carbocycles. The van der Waals surface area contributed by atoms with Crippen LogP contribution < -0.4 is 5.32 Å². The zero-order valence-corrected chi connectivity index (χ0v) is 14.5. The lowest BCUT2D eigenvalue weighted by molar-refractivity contribution is -0.115. The molecule has 4 nitrogen and oxygen atoms in total. The number of nitrogens with one attached hydrogen (secondary N) is 1. The Hall–Kier alpha value is -2.27. The Bertz CT molecular complexity index is 829. The number of rotatable bonds is 2. The van der Waals surface area contributed by atoms with Gasteiger partial charge in [-0.25, -0.2) is 4.99 Å². The van der Waals surface area contributed by atoms with Crippen molar-refractivity contribution in [1.29, 1.82) is 0 Å². The monoisotopic (exact) mass is 325 g/mol. The molecule has 3 rings (SSSR count). The minimum Gasteiger partial charge on any atom is -0.352 e. The van der Waals surface area contributed by atoms with Gasteiger partial charge in [0.05, 0.1) is 10.6 Å². The minimum atomic E-state index is -0.0956. The highest BCUT2D eigenvalue weighted by atomic mass is 32.2. The molecule has 1 saturated heterocycles. The molecule has 23 heavy (non-hydrogen) atoms. The van der Waals surface area contributed by atoms with Crippen molar-refractivity contribution in [3.63, 3.8) is 0 Å². The molecule has 1 aliphatic heterocycles. The summed E-state index contributed by atoms with van der Waals surface area (Å²) >= 11 is 1.38. The van der Waals surface area contributed by atoms with Gasteiger partial charge in [-0.1, -0.05) is 17.7 Å². The summed E-state index contributed by atoms with van der Waals surface area (Å²) in [6, 6.07) is 10.00. The molecule has 0 spiro atoms. The van der Waals surface area contributed by atoms with E-state index in [2.05, 4.69) is 34.8 Å². The van der Waals surface area contributed by atoms with Crippen molar-refractivity contribution in [2.45, 2.75) is 20.8 Å². The number of nitrogens with zero attached hydrogens (tertiary/aromatic N) is 2. The average molecular weight is 325 g/mol. The molecule has 0 unspecified atom stereocenters. The van der Waals surface area contributed by atoms with Crippen molar-refractivity contribution in [3.8, 4) is 0 Å². The second-order valence-corrected chi connectivity index (χ2v) is 6.73. The van der Waals surface area contributed by atoms with E-state index >= 15 is 0 Å². The molecule has 1 aliphatic rings. The summed E-state index contributed by atoms with van der Waals surface area (Å²) in [6.07, 6.45) is 1.93. The summed E-state index contributed by atoms with van der Waals surface area (Å²) in [4.78, 5) is 17.3. The van der Waals surface area contributed by atoms with E-state index in [0.29, 0.717) is 10.1 Å². The number of hydrogen-bond donors (Lipinski definition) is 1. The number of aliphatic imine (C=N–C) groups is 1. The van der Waals surface area contributed by atoms with Crippen molar-refractivity contribution in [2.24, 2.45) is 12.0 Å². The van der Waals surface area contributed by atoms with Crippen LogP contribution >= 0.6 is 11.8 Å². The van der Waals surface area contributed by atoms with Crippen molar-refractivity contribution < 1.29 is 4.79 Å². The number of aromatic nitrogens is 1. The molecule has 0 aliphatic carbocycles. The van der Waals surface area contributed by atoms with E-state index in [-0.39, 0.29) is 5.91 Å². The summed E-state index contributed by atoms with van der Waals surface area (Å²) in [5.41, 5.74) is 5.41. The quantitative estimate of drug-likeness (QED) is 0.853. The zero-order chi connectivity index (χ0) is 16.6. The van der Waals surface area contributed by atoms with E-state index in [1.807, 2.05) is 44.3 Å². The average Bonchev–Trinajstić information content (AvgIpc) is 2.97. The van der Waals surface area contributed by atoms with E-state index in [0.717, 1.165) is 16.9 Å². The second-order valence-electron chi connectivity index (χ2n) is 5.70. The number of amides is 1. The summed E-state index contributed by atoms with van der Waals surface area (Å²) < 4.78 is 2.12. The van der Waals surface area contributed by atoms with Crippen LogP contribution in [-0.4, -0.2) is 15.6 Å². The lowest BCUT2D eigenvalue weighted by Gasteiger charge is -1.99. The minimum absolute atomic E-state index is 0.0956. The van der Waals surface area contributed by atoms with E-state index in [9.17, 15) is 4.79 Å². The maximum atomic E-state index is 12.1. The molecule has 1 aromatic heterocycles. The number of hydrogen-bond acceptors (Lipinski definition) is 3. The third-order valence-electron chi connectivity index (χ3n) is 4.02. The molecule has 1 N–H and O–H groups in total. The second kappa shape index (κ2) is 6.08. The fourth-order valence-electron chi connectivity index (χ4n) is 2.39. The van der Waals surface area contributed by atoms with E-state index in [1.54, 1.807) is 0 Å². The molecule has 2 aromatic rings. The molecule has 0 radical (unpaired) electrons. The van der Waals surface area contributed by atoms with Crippen LogP contribution in [0.5, 0.6) is 0 Å².